The van der Waals surface area contributed by atoms with Gasteiger partial charge in [-0.15, -0.1) is 0 Å². The fraction of sp³-hybridized carbons (Fsp3) is 0.312. The third-order valence-corrected chi connectivity index (χ3v) is 8.55. The van der Waals surface area contributed by atoms with E-state index in [9.17, 15) is 14.4 Å². The lowest BCUT2D eigenvalue weighted by atomic mass is 9.74. The molecule has 1 fully saturated rings. The maximum absolute atomic E-state index is 13.5. The SMILES string of the molecule is COc1ccc2ccc(CN3CCC4(CC3)CN(C(=O)NCc3ccnc(F)c3)c3ccc(C#N)cc34)c(C)c2n1. The molecule has 208 valence electrons. The number of aromatic nitrogens is 2. The lowest BCUT2D eigenvalue weighted by molar-refractivity contribution is 0.159. The van der Waals surface area contributed by atoms with Crippen LogP contribution in [0, 0.1) is 24.2 Å². The number of halogens is 1. The topological polar surface area (TPSA) is 94.4 Å². The molecule has 8 nitrogen and oxygen atoms in total. The molecular formula is C32H31FN6O2. The standard InChI is InChI=1S/C32H31FN6O2/c1-21-25(5-4-24-6-8-29(41-2)37-30(21)24)19-38-13-10-32(11-14-38)20-39(27-7-3-22(17-34)15-26(27)32)31(40)36-18-23-9-12-35-28(33)16-23/h3-9,12,15-16H,10-11,13-14,18-20H2,1-2H3,(H,36,40). The van der Waals surface area contributed by atoms with Crippen LogP contribution in [-0.4, -0.2) is 47.6 Å². The number of rotatable bonds is 5. The molecule has 9 heteroatoms. The fourth-order valence-electron chi connectivity index (χ4n) is 6.19. The summed E-state index contributed by atoms with van der Waals surface area (Å²) in [5.74, 6) is 0.0312. The van der Waals surface area contributed by atoms with Crippen LogP contribution in [0.5, 0.6) is 5.88 Å². The summed E-state index contributed by atoms with van der Waals surface area (Å²) in [7, 11) is 1.63. The number of urea groups is 1. The Morgan fingerprint density at radius 3 is 2.71 bits per heavy atom. The van der Waals surface area contributed by atoms with Crippen molar-refractivity contribution in [1.29, 1.82) is 5.26 Å². The van der Waals surface area contributed by atoms with Gasteiger partial charge in [0.25, 0.3) is 0 Å². The van der Waals surface area contributed by atoms with Gasteiger partial charge in [0.05, 0.1) is 24.3 Å². The summed E-state index contributed by atoms with van der Waals surface area (Å²) < 4.78 is 18.9. The number of methoxy groups -OCH3 is 1. The first-order valence-corrected chi connectivity index (χ1v) is 13.8. The number of carbonyl (C=O) groups excluding carboxylic acids is 1. The van der Waals surface area contributed by atoms with Crippen LogP contribution in [0.15, 0.2) is 60.8 Å². The van der Waals surface area contributed by atoms with Gasteiger partial charge in [-0.25, -0.2) is 14.8 Å². The summed E-state index contributed by atoms with van der Waals surface area (Å²) in [4.78, 5) is 25.8. The van der Waals surface area contributed by atoms with Crippen LogP contribution in [0.4, 0.5) is 14.9 Å². The first-order chi connectivity index (χ1) is 19.9. The molecule has 0 atom stereocenters. The highest BCUT2D eigenvalue weighted by molar-refractivity contribution is 5.95. The van der Waals surface area contributed by atoms with E-state index in [1.165, 1.54) is 17.8 Å². The molecular weight excluding hydrogens is 519 g/mol. The molecule has 4 aromatic rings. The minimum Gasteiger partial charge on any atom is -0.481 e. The van der Waals surface area contributed by atoms with E-state index in [2.05, 4.69) is 45.3 Å². The Hall–Kier alpha value is -4.55. The van der Waals surface area contributed by atoms with Crippen molar-refractivity contribution in [1.82, 2.24) is 20.2 Å². The largest absolute Gasteiger partial charge is 0.481 e. The molecule has 6 rings (SSSR count). The van der Waals surface area contributed by atoms with Gasteiger partial charge in [-0.05, 0) is 91.5 Å². The number of fused-ring (bicyclic) bond motifs is 3. The van der Waals surface area contributed by atoms with Crippen molar-refractivity contribution in [2.24, 2.45) is 0 Å². The predicted octanol–water partition coefficient (Wildman–Crippen LogP) is 5.22. The molecule has 41 heavy (non-hydrogen) atoms. The third kappa shape index (κ3) is 5.07. The van der Waals surface area contributed by atoms with Crippen LogP contribution in [0.1, 0.15) is 40.7 Å². The Morgan fingerprint density at radius 2 is 1.95 bits per heavy atom. The Morgan fingerprint density at radius 1 is 1.15 bits per heavy atom. The quantitative estimate of drug-likeness (QED) is 0.343. The number of nitriles is 1. The van der Waals surface area contributed by atoms with Gasteiger partial charge in [-0.1, -0.05) is 12.1 Å². The predicted molar refractivity (Wildman–Crippen MR) is 154 cm³/mol. The molecule has 2 aliphatic heterocycles. The van der Waals surface area contributed by atoms with Crippen molar-refractivity contribution in [3.63, 3.8) is 0 Å². The Balaban J connectivity index is 1.19. The van der Waals surface area contributed by atoms with Crippen LogP contribution in [0.2, 0.25) is 0 Å². The van der Waals surface area contributed by atoms with Crippen molar-refractivity contribution in [3.8, 4) is 11.9 Å². The number of amides is 2. The van der Waals surface area contributed by atoms with E-state index in [1.54, 1.807) is 24.1 Å². The van der Waals surface area contributed by atoms with Gasteiger partial charge in [0.2, 0.25) is 11.8 Å². The number of hydrogen-bond donors (Lipinski definition) is 1. The molecule has 0 aliphatic carbocycles. The first-order valence-electron chi connectivity index (χ1n) is 13.8. The van der Waals surface area contributed by atoms with E-state index in [0.717, 1.165) is 60.2 Å². The molecule has 2 aliphatic rings. The third-order valence-electron chi connectivity index (χ3n) is 8.55. The molecule has 0 unspecified atom stereocenters. The first kappa shape index (κ1) is 26.7. The minimum absolute atomic E-state index is 0.201. The van der Waals surface area contributed by atoms with E-state index < -0.39 is 5.95 Å². The molecule has 0 bridgehead atoms. The lowest BCUT2D eigenvalue weighted by Gasteiger charge is -2.40. The van der Waals surface area contributed by atoms with Crippen LogP contribution in [0.25, 0.3) is 10.9 Å². The molecule has 2 aromatic carbocycles. The normalized spacial score (nSPS) is 16.0. The molecule has 2 aromatic heterocycles. The molecule has 1 saturated heterocycles. The van der Waals surface area contributed by atoms with Crippen molar-refractivity contribution < 1.29 is 13.9 Å². The highest BCUT2D eigenvalue weighted by Gasteiger charge is 2.46. The van der Waals surface area contributed by atoms with E-state index >= 15 is 0 Å². The van der Waals surface area contributed by atoms with Crippen LogP contribution < -0.4 is 15.0 Å². The van der Waals surface area contributed by atoms with Gasteiger partial charge >= 0.3 is 6.03 Å². The van der Waals surface area contributed by atoms with E-state index in [-0.39, 0.29) is 18.0 Å². The fourth-order valence-corrected chi connectivity index (χ4v) is 6.19. The van der Waals surface area contributed by atoms with Gasteiger partial charge in [0, 0.05) is 48.4 Å². The number of anilines is 1. The number of likely N-dealkylation sites (tertiary alicyclic amines) is 1. The maximum atomic E-state index is 13.5. The number of nitrogens with zero attached hydrogens (tertiary/aromatic N) is 5. The second-order valence-electron chi connectivity index (χ2n) is 10.9. The number of nitrogens with one attached hydrogen (secondary N) is 1. The highest BCUT2D eigenvalue weighted by Crippen LogP contribution is 2.47. The number of benzene rings is 2. The van der Waals surface area contributed by atoms with E-state index in [1.807, 2.05) is 24.3 Å². The summed E-state index contributed by atoms with van der Waals surface area (Å²) in [6.07, 6.45) is 3.13. The van der Waals surface area contributed by atoms with E-state index in [4.69, 9.17) is 4.74 Å². The molecule has 4 heterocycles. The second kappa shape index (κ2) is 10.8. The van der Waals surface area contributed by atoms with Gasteiger partial charge in [-0.2, -0.15) is 9.65 Å². The summed E-state index contributed by atoms with van der Waals surface area (Å²) in [5.41, 5.74) is 6.25. The van der Waals surface area contributed by atoms with Gasteiger partial charge in [0.15, 0.2) is 0 Å². The summed E-state index contributed by atoms with van der Waals surface area (Å²) in [6.45, 7) is 5.40. The van der Waals surface area contributed by atoms with Crippen LogP contribution in [-0.2, 0) is 18.5 Å². The zero-order valence-corrected chi connectivity index (χ0v) is 23.2. The van der Waals surface area contributed by atoms with Crippen molar-refractivity contribution in [2.45, 2.75) is 38.3 Å². The van der Waals surface area contributed by atoms with Gasteiger partial charge in [-0.3, -0.25) is 9.80 Å². The summed E-state index contributed by atoms with van der Waals surface area (Å²) >= 11 is 0. The van der Waals surface area contributed by atoms with Gasteiger partial charge in [0.1, 0.15) is 0 Å². The minimum atomic E-state index is -0.576. The van der Waals surface area contributed by atoms with Crippen molar-refractivity contribution >= 4 is 22.6 Å². The number of piperidine rings is 1. The van der Waals surface area contributed by atoms with E-state index in [0.29, 0.717) is 23.6 Å². The van der Waals surface area contributed by atoms with Crippen LogP contribution in [0.3, 0.4) is 0 Å². The van der Waals surface area contributed by atoms with Gasteiger partial charge < -0.3 is 10.1 Å². The Kier molecular flexibility index (Phi) is 7.01. The molecule has 2 amide bonds. The lowest BCUT2D eigenvalue weighted by Crippen LogP contribution is -2.47. The van der Waals surface area contributed by atoms with Crippen molar-refractivity contribution in [3.05, 3.63) is 94.6 Å². The number of pyridine rings is 2. The Labute approximate surface area is 238 Å². The number of ether oxygens (including phenoxy) is 1. The molecule has 0 saturated carbocycles. The summed E-state index contributed by atoms with van der Waals surface area (Å²) in [6, 6.07) is 18.8. The zero-order valence-electron chi connectivity index (χ0n) is 23.2. The average molecular weight is 551 g/mol. The smallest absolute Gasteiger partial charge is 0.322 e. The monoisotopic (exact) mass is 550 g/mol. The number of carbonyl (C=O) groups is 1. The number of hydrogen-bond acceptors (Lipinski definition) is 6. The maximum Gasteiger partial charge on any atom is 0.322 e. The zero-order chi connectivity index (χ0) is 28.6. The Bertz CT molecular complexity index is 1680. The summed E-state index contributed by atoms with van der Waals surface area (Å²) in [5, 5.41) is 13.6. The second-order valence-corrected chi connectivity index (χ2v) is 10.9. The van der Waals surface area contributed by atoms with Crippen LogP contribution >= 0.6 is 0 Å². The number of aryl methyl sites for hydroxylation is 1. The molecule has 0 radical (unpaired) electrons. The molecule has 1 spiro atoms. The molecule has 1 N–H and O–H groups in total. The average Bonchev–Trinajstić information content (AvgIpc) is 3.31. The van der Waals surface area contributed by atoms with Crippen molar-refractivity contribution in [2.75, 3.05) is 31.6 Å². The highest BCUT2D eigenvalue weighted by atomic mass is 19.1.